The number of benzene rings is 1. The molecule has 0 bridgehead atoms. The second kappa shape index (κ2) is 5.70. The average molecular weight is 282 g/mol. The first kappa shape index (κ1) is 13.3. The van der Waals surface area contributed by atoms with Gasteiger partial charge in [0.1, 0.15) is 0 Å². The van der Waals surface area contributed by atoms with Crippen molar-refractivity contribution in [3.8, 4) is 0 Å². The molecule has 0 saturated carbocycles. The first-order valence-corrected chi connectivity index (χ1v) is 6.36. The smallest absolute Gasteiger partial charge is 0.0846 e. The van der Waals surface area contributed by atoms with E-state index < -0.39 is 6.10 Å². The summed E-state index contributed by atoms with van der Waals surface area (Å²) in [5.41, 5.74) is 2.67. The fourth-order valence-corrected chi connectivity index (χ4v) is 2.35. The fraction of sp³-hybridized carbons (Fsp3) is 0.214. The Morgan fingerprint density at radius 3 is 2.67 bits per heavy atom. The van der Waals surface area contributed by atoms with Crippen LogP contribution in [0.3, 0.4) is 0 Å². The van der Waals surface area contributed by atoms with Gasteiger partial charge in [0.05, 0.1) is 11.1 Å². The van der Waals surface area contributed by atoms with E-state index in [0.29, 0.717) is 22.0 Å². The molecule has 0 aliphatic heterocycles. The van der Waals surface area contributed by atoms with Crippen LogP contribution in [0.1, 0.15) is 22.8 Å². The van der Waals surface area contributed by atoms with Gasteiger partial charge in [0.15, 0.2) is 0 Å². The van der Waals surface area contributed by atoms with E-state index in [1.54, 1.807) is 12.3 Å². The highest BCUT2D eigenvalue weighted by Crippen LogP contribution is 2.27. The van der Waals surface area contributed by atoms with E-state index in [0.717, 1.165) is 11.1 Å². The van der Waals surface area contributed by atoms with E-state index in [1.165, 1.54) is 6.20 Å². The van der Waals surface area contributed by atoms with Crippen LogP contribution in [0.4, 0.5) is 0 Å². The van der Waals surface area contributed by atoms with Crippen molar-refractivity contribution in [1.82, 2.24) is 4.98 Å². The number of hydrogen-bond donors (Lipinski definition) is 1. The molecule has 2 aromatic rings. The van der Waals surface area contributed by atoms with Gasteiger partial charge in [0.2, 0.25) is 0 Å². The van der Waals surface area contributed by atoms with Gasteiger partial charge in [-0.25, -0.2) is 0 Å². The second-order valence-corrected chi connectivity index (χ2v) is 5.03. The van der Waals surface area contributed by atoms with Gasteiger partial charge in [-0.05, 0) is 30.2 Å². The van der Waals surface area contributed by atoms with Gasteiger partial charge in [-0.2, -0.15) is 0 Å². The summed E-state index contributed by atoms with van der Waals surface area (Å²) in [5, 5.41) is 11.3. The highest BCUT2D eigenvalue weighted by atomic mass is 35.5. The quantitative estimate of drug-likeness (QED) is 0.923. The minimum atomic E-state index is -0.680. The number of nitrogens with zero attached hydrogens (tertiary/aromatic N) is 1. The predicted molar refractivity (Wildman–Crippen MR) is 74.1 cm³/mol. The van der Waals surface area contributed by atoms with E-state index in [1.807, 2.05) is 25.1 Å². The number of aliphatic hydroxyl groups is 1. The molecule has 0 radical (unpaired) electrons. The lowest BCUT2D eigenvalue weighted by Crippen LogP contribution is -2.03. The van der Waals surface area contributed by atoms with Crippen LogP contribution in [0.5, 0.6) is 0 Å². The Hall–Kier alpha value is -1.09. The average Bonchev–Trinajstić information content (AvgIpc) is 2.33. The third-order valence-corrected chi connectivity index (χ3v) is 3.45. The summed E-state index contributed by atoms with van der Waals surface area (Å²) in [4.78, 5) is 3.89. The van der Waals surface area contributed by atoms with E-state index in [-0.39, 0.29) is 0 Å². The van der Waals surface area contributed by atoms with Crippen LogP contribution < -0.4 is 0 Å². The number of aliphatic hydroxyl groups excluding tert-OH is 1. The molecule has 0 aliphatic carbocycles. The Kier molecular flexibility index (Phi) is 4.23. The van der Waals surface area contributed by atoms with Crippen LogP contribution in [0.2, 0.25) is 10.0 Å². The molecule has 94 valence electrons. The molecule has 18 heavy (non-hydrogen) atoms. The third-order valence-electron chi connectivity index (χ3n) is 2.78. The summed E-state index contributed by atoms with van der Waals surface area (Å²) in [6.45, 7) is 1.98. The van der Waals surface area contributed by atoms with Crippen LogP contribution >= 0.6 is 23.2 Å². The number of aryl methyl sites for hydroxylation is 1. The molecule has 2 rings (SSSR count). The summed E-state index contributed by atoms with van der Waals surface area (Å²) in [5.74, 6) is 0. The third kappa shape index (κ3) is 3.02. The summed E-state index contributed by atoms with van der Waals surface area (Å²) in [7, 11) is 0. The second-order valence-electron chi connectivity index (χ2n) is 4.21. The van der Waals surface area contributed by atoms with Crippen LogP contribution in [0.15, 0.2) is 36.7 Å². The Morgan fingerprint density at radius 2 is 2.00 bits per heavy atom. The van der Waals surface area contributed by atoms with Gasteiger partial charge in [0.25, 0.3) is 0 Å². The molecule has 0 fully saturated rings. The Morgan fingerprint density at radius 1 is 1.22 bits per heavy atom. The minimum absolute atomic E-state index is 0.433. The zero-order valence-electron chi connectivity index (χ0n) is 9.90. The molecule has 0 saturated heterocycles. The maximum absolute atomic E-state index is 10.2. The van der Waals surface area contributed by atoms with Crippen molar-refractivity contribution < 1.29 is 5.11 Å². The Bertz CT molecular complexity index is 557. The van der Waals surface area contributed by atoms with Crippen molar-refractivity contribution in [3.05, 3.63) is 63.4 Å². The fourth-order valence-electron chi connectivity index (χ4n) is 1.79. The first-order chi connectivity index (χ1) is 8.58. The van der Waals surface area contributed by atoms with Crippen molar-refractivity contribution in [2.45, 2.75) is 19.4 Å². The van der Waals surface area contributed by atoms with Gasteiger partial charge < -0.3 is 5.11 Å². The number of hydrogen-bond acceptors (Lipinski definition) is 2. The van der Waals surface area contributed by atoms with Gasteiger partial charge in [-0.3, -0.25) is 4.98 Å². The number of pyridine rings is 1. The van der Waals surface area contributed by atoms with Gasteiger partial charge in [-0.1, -0.05) is 35.3 Å². The lowest BCUT2D eigenvalue weighted by Gasteiger charge is -2.13. The molecule has 0 amide bonds. The van der Waals surface area contributed by atoms with Gasteiger partial charge >= 0.3 is 0 Å². The zero-order valence-corrected chi connectivity index (χ0v) is 11.4. The van der Waals surface area contributed by atoms with Crippen molar-refractivity contribution >= 4 is 23.2 Å². The van der Waals surface area contributed by atoms with Gasteiger partial charge in [0, 0.05) is 29.4 Å². The molecule has 4 heteroatoms. The van der Waals surface area contributed by atoms with E-state index in [2.05, 4.69) is 4.98 Å². The number of halogens is 2. The molecule has 1 unspecified atom stereocenters. The Balaban J connectivity index is 2.21. The van der Waals surface area contributed by atoms with Crippen molar-refractivity contribution in [3.63, 3.8) is 0 Å². The molecule has 1 N–H and O–H groups in total. The van der Waals surface area contributed by atoms with Crippen LogP contribution in [0, 0.1) is 6.92 Å². The zero-order chi connectivity index (χ0) is 13.1. The SMILES string of the molecule is Cc1ccc(CC(O)c2ccncc2Cl)c(Cl)c1. The van der Waals surface area contributed by atoms with E-state index in [4.69, 9.17) is 23.2 Å². The summed E-state index contributed by atoms with van der Waals surface area (Å²) in [6, 6.07) is 7.50. The van der Waals surface area contributed by atoms with Crippen LogP contribution in [0.25, 0.3) is 0 Å². The molecule has 2 nitrogen and oxygen atoms in total. The summed E-state index contributed by atoms with van der Waals surface area (Å²) in [6.07, 6.45) is 2.89. The summed E-state index contributed by atoms with van der Waals surface area (Å²) < 4.78 is 0. The molecule has 1 aromatic carbocycles. The normalized spacial score (nSPS) is 12.4. The number of rotatable bonds is 3. The highest BCUT2D eigenvalue weighted by molar-refractivity contribution is 6.31. The molecule has 1 atom stereocenters. The van der Waals surface area contributed by atoms with Crippen molar-refractivity contribution in [2.75, 3.05) is 0 Å². The molecular weight excluding hydrogens is 269 g/mol. The monoisotopic (exact) mass is 281 g/mol. The minimum Gasteiger partial charge on any atom is -0.388 e. The van der Waals surface area contributed by atoms with Crippen molar-refractivity contribution in [2.24, 2.45) is 0 Å². The lowest BCUT2D eigenvalue weighted by molar-refractivity contribution is 0.178. The van der Waals surface area contributed by atoms with Crippen molar-refractivity contribution in [1.29, 1.82) is 0 Å². The first-order valence-electron chi connectivity index (χ1n) is 5.60. The predicted octanol–water partition coefficient (Wildman–Crippen LogP) is 3.97. The standard InChI is InChI=1S/C14H13Cl2NO/c1-9-2-3-10(12(15)6-9)7-14(18)11-4-5-17-8-13(11)16/h2-6,8,14,18H,7H2,1H3. The number of aromatic nitrogens is 1. The molecule has 0 spiro atoms. The Labute approximate surface area is 116 Å². The lowest BCUT2D eigenvalue weighted by atomic mass is 10.0. The van der Waals surface area contributed by atoms with Crippen LogP contribution in [-0.4, -0.2) is 10.1 Å². The largest absolute Gasteiger partial charge is 0.388 e. The van der Waals surface area contributed by atoms with E-state index >= 15 is 0 Å². The maximum Gasteiger partial charge on any atom is 0.0846 e. The van der Waals surface area contributed by atoms with E-state index in [9.17, 15) is 5.11 Å². The highest BCUT2D eigenvalue weighted by Gasteiger charge is 2.13. The van der Waals surface area contributed by atoms with Gasteiger partial charge in [-0.15, -0.1) is 0 Å². The summed E-state index contributed by atoms with van der Waals surface area (Å²) >= 11 is 12.1. The molecular formula is C14H13Cl2NO. The topological polar surface area (TPSA) is 33.1 Å². The molecule has 0 aliphatic rings. The van der Waals surface area contributed by atoms with Crippen LogP contribution in [-0.2, 0) is 6.42 Å². The molecule has 1 aromatic heterocycles. The molecule has 1 heterocycles. The maximum atomic E-state index is 10.2.